The summed E-state index contributed by atoms with van der Waals surface area (Å²) in [6, 6.07) is 5.98. The van der Waals surface area contributed by atoms with Gasteiger partial charge in [0.05, 0.1) is 4.90 Å². The van der Waals surface area contributed by atoms with Gasteiger partial charge in [0.1, 0.15) is 0 Å². The fourth-order valence-corrected chi connectivity index (χ4v) is 2.02. The van der Waals surface area contributed by atoms with Crippen molar-refractivity contribution in [3.05, 3.63) is 29.8 Å². The van der Waals surface area contributed by atoms with E-state index in [9.17, 15) is 13.2 Å². The maximum Gasteiger partial charge on any atom is 0.175 e. The quantitative estimate of drug-likeness (QED) is 0.807. The molecule has 4 nitrogen and oxygen atoms in total. The summed E-state index contributed by atoms with van der Waals surface area (Å²) in [4.78, 5) is 11.9. The number of hydrogen-bond acceptors (Lipinski definition) is 4. The average Bonchev–Trinajstić information content (AvgIpc) is 2.25. The van der Waals surface area contributed by atoms with Gasteiger partial charge in [0.25, 0.3) is 0 Å². The Hall–Kier alpha value is -1.20. The minimum absolute atomic E-state index is 0.00533. The van der Waals surface area contributed by atoms with Crippen LogP contribution in [0.5, 0.6) is 0 Å². The van der Waals surface area contributed by atoms with E-state index in [1.807, 2.05) is 6.92 Å². The number of benzene rings is 1. The average molecular weight is 255 g/mol. The molecule has 0 aromatic heterocycles. The molecule has 1 aromatic carbocycles. The molecule has 0 spiro atoms. The lowest BCUT2D eigenvalue weighted by atomic mass is 10.0. The Bertz CT molecular complexity index is 489. The van der Waals surface area contributed by atoms with E-state index >= 15 is 0 Å². The van der Waals surface area contributed by atoms with Gasteiger partial charge in [-0.05, 0) is 25.5 Å². The van der Waals surface area contributed by atoms with Crippen molar-refractivity contribution in [3.63, 3.8) is 0 Å². The first-order valence-corrected chi connectivity index (χ1v) is 7.29. The van der Waals surface area contributed by atoms with Crippen LogP contribution in [0.15, 0.2) is 29.2 Å². The Morgan fingerprint density at radius 1 is 1.29 bits per heavy atom. The van der Waals surface area contributed by atoms with Crippen molar-refractivity contribution in [3.8, 4) is 0 Å². The zero-order valence-corrected chi connectivity index (χ0v) is 10.8. The lowest BCUT2D eigenvalue weighted by molar-refractivity contribution is 0.0978. The van der Waals surface area contributed by atoms with Crippen molar-refractivity contribution in [2.75, 3.05) is 6.26 Å². The summed E-state index contributed by atoms with van der Waals surface area (Å²) in [5, 5.41) is 0. The van der Waals surface area contributed by atoms with Gasteiger partial charge in [-0.25, -0.2) is 8.42 Å². The third-order valence-corrected chi connectivity index (χ3v) is 3.56. The van der Waals surface area contributed by atoms with E-state index in [-0.39, 0.29) is 16.7 Å². The Labute approximate surface area is 102 Å². The molecule has 2 N–H and O–H groups in total. The van der Waals surface area contributed by atoms with E-state index in [0.29, 0.717) is 18.4 Å². The second kappa shape index (κ2) is 5.42. The van der Waals surface area contributed by atoms with Crippen LogP contribution < -0.4 is 5.73 Å². The molecule has 17 heavy (non-hydrogen) atoms. The molecule has 0 saturated carbocycles. The molecule has 0 bridgehead atoms. The van der Waals surface area contributed by atoms with Gasteiger partial charge >= 0.3 is 0 Å². The molecule has 0 heterocycles. The van der Waals surface area contributed by atoms with E-state index in [2.05, 4.69) is 0 Å². The van der Waals surface area contributed by atoms with Crippen LogP contribution in [0.1, 0.15) is 30.1 Å². The van der Waals surface area contributed by atoms with Crippen LogP contribution in [0.2, 0.25) is 0 Å². The highest BCUT2D eigenvalue weighted by Gasteiger charge is 2.10. The fourth-order valence-electron chi connectivity index (χ4n) is 1.39. The van der Waals surface area contributed by atoms with Gasteiger partial charge < -0.3 is 5.73 Å². The number of ketones is 1. The molecule has 1 rings (SSSR count). The van der Waals surface area contributed by atoms with Crippen LogP contribution in [-0.2, 0) is 9.84 Å². The Balaban J connectivity index is 2.78. The highest BCUT2D eigenvalue weighted by Crippen LogP contribution is 2.12. The molecule has 94 valence electrons. The van der Waals surface area contributed by atoms with Gasteiger partial charge in [0.15, 0.2) is 15.6 Å². The monoisotopic (exact) mass is 255 g/mol. The van der Waals surface area contributed by atoms with Crippen molar-refractivity contribution in [1.29, 1.82) is 0 Å². The second-order valence-corrected chi connectivity index (χ2v) is 6.25. The third kappa shape index (κ3) is 4.28. The number of Topliss-reactive ketones (excluding diaryl/α,β-unsaturated/α-hetero) is 1. The van der Waals surface area contributed by atoms with Crippen LogP contribution in [0.4, 0.5) is 0 Å². The zero-order chi connectivity index (χ0) is 13.1. The summed E-state index contributed by atoms with van der Waals surface area (Å²) in [7, 11) is -3.20. The van der Waals surface area contributed by atoms with E-state index in [4.69, 9.17) is 5.73 Å². The minimum Gasteiger partial charge on any atom is -0.328 e. The topological polar surface area (TPSA) is 77.2 Å². The molecule has 1 aromatic rings. The highest BCUT2D eigenvalue weighted by atomic mass is 32.2. The molecule has 0 amide bonds. The fraction of sp³-hybridized carbons (Fsp3) is 0.417. The normalized spacial score (nSPS) is 13.4. The lowest BCUT2D eigenvalue weighted by Crippen LogP contribution is -2.16. The molecule has 0 radical (unpaired) electrons. The predicted molar refractivity (Wildman–Crippen MR) is 66.8 cm³/mol. The number of nitrogens with two attached hydrogens (primary N) is 1. The van der Waals surface area contributed by atoms with Crippen molar-refractivity contribution < 1.29 is 13.2 Å². The van der Waals surface area contributed by atoms with E-state index in [0.717, 1.165) is 6.26 Å². The summed E-state index contributed by atoms with van der Waals surface area (Å²) in [6.45, 7) is 1.85. The summed E-state index contributed by atoms with van der Waals surface area (Å²) in [5.41, 5.74) is 6.09. The van der Waals surface area contributed by atoms with Gasteiger partial charge in [0.2, 0.25) is 0 Å². The number of carbonyl (C=O) groups is 1. The van der Waals surface area contributed by atoms with E-state index < -0.39 is 9.84 Å². The maximum absolute atomic E-state index is 11.7. The summed E-state index contributed by atoms with van der Waals surface area (Å²) in [5.74, 6) is -0.0117. The first-order valence-electron chi connectivity index (χ1n) is 5.39. The summed E-state index contributed by atoms with van der Waals surface area (Å²) >= 11 is 0. The molecule has 0 saturated heterocycles. The molecule has 0 aliphatic carbocycles. The van der Waals surface area contributed by atoms with Crippen molar-refractivity contribution in [2.24, 2.45) is 5.73 Å². The largest absolute Gasteiger partial charge is 0.328 e. The molecule has 1 unspecified atom stereocenters. The van der Waals surface area contributed by atoms with Crippen LogP contribution in [-0.4, -0.2) is 26.5 Å². The molecule has 0 aliphatic rings. The van der Waals surface area contributed by atoms with Crippen LogP contribution >= 0.6 is 0 Å². The molecule has 1 atom stereocenters. The Morgan fingerprint density at radius 2 is 1.82 bits per heavy atom. The van der Waals surface area contributed by atoms with Gasteiger partial charge in [-0.2, -0.15) is 0 Å². The number of hydrogen-bond donors (Lipinski definition) is 1. The summed E-state index contributed by atoms with van der Waals surface area (Å²) < 4.78 is 22.5. The van der Waals surface area contributed by atoms with Gasteiger partial charge in [-0.1, -0.05) is 12.1 Å². The predicted octanol–water partition coefficient (Wildman–Crippen LogP) is 1.40. The highest BCUT2D eigenvalue weighted by molar-refractivity contribution is 7.90. The van der Waals surface area contributed by atoms with Crippen LogP contribution in [0, 0.1) is 0 Å². The number of carbonyl (C=O) groups excluding carboxylic acids is 1. The van der Waals surface area contributed by atoms with Gasteiger partial charge in [0, 0.05) is 24.3 Å². The SMILES string of the molecule is CC(N)CCC(=O)c1ccc(S(C)(=O)=O)cc1. The van der Waals surface area contributed by atoms with Crippen LogP contribution in [0.3, 0.4) is 0 Å². The van der Waals surface area contributed by atoms with Crippen molar-refractivity contribution >= 4 is 15.6 Å². The van der Waals surface area contributed by atoms with Crippen molar-refractivity contribution in [2.45, 2.75) is 30.7 Å². The van der Waals surface area contributed by atoms with Gasteiger partial charge in [-0.3, -0.25) is 4.79 Å². The molecule has 0 fully saturated rings. The number of rotatable bonds is 5. The molecular weight excluding hydrogens is 238 g/mol. The smallest absolute Gasteiger partial charge is 0.175 e. The van der Waals surface area contributed by atoms with E-state index in [1.165, 1.54) is 12.1 Å². The number of sulfone groups is 1. The zero-order valence-electron chi connectivity index (χ0n) is 10.0. The van der Waals surface area contributed by atoms with Crippen LogP contribution in [0.25, 0.3) is 0 Å². The van der Waals surface area contributed by atoms with E-state index in [1.54, 1.807) is 12.1 Å². The standard InChI is InChI=1S/C12H17NO3S/c1-9(13)3-8-12(14)10-4-6-11(7-5-10)17(2,15)16/h4-7,9H,3,8,13H2,1-2H3. The van der Waals surface area contributed by atoms with Gasteiger partial charge in [-0.15, -0.1) is 0 Å². The Morgan fingerprint density at radius 3 is 2.24 bits per heavy atom. The first-order chi connectivity index (χ1) is 7.80. The maximum atomic E-state index is 11.7. The Kier molecular flexibility index (Phi) is 4.42. The van der Waals surface area contributed by atoms with Crippen molar-refractivity contribution in [1.82, 2.24) is 0 Å². The first kappa shape index (κ1) is 13.9. The molecule has 0 aliphatic heterocycles. The minimum atomic E-state index is -3.20. The molecule has 5 heteroatoms. The molecular formula is C12H17NO3S. The third-order valence-electron chi connectivity index (χ3n) is 2.43. The summed E-state index contributed by atoms with van der Waals surface area (Å²) in [6.07, 6.45) is 2.16. The second-order valence-electron chi connectivity index (χ2n) is 4.24. The lowest BCUT2D eigenvalue weighted by Gasteiger charge is -2.05.